The molecule has 0 aliphatic heterocycles. The van der Waals surface area contributed by atoms with E-state index in [0.717, 1.165) is 64.3 Å². The summed E-state index contributed by atoms with van der Waals surface area (Å²) in [6.45, 7) is 18.5. The summed E-state index contributed by atoms with van der Waals surface area (Å²) in [6, 6.07) is 10.7. The van der Waals surface area contributed by atoms with E-state index in [-0.39, 0.29) is 37.5 Å². The summed E-state index contributed by atoms with van der Waals surface area (Å²) in [5, 5.41) is 31.2. The smallest absolute Gasteiger partial charge is 0.311 e. The number of hydrogen-bond acceptors (Lipinski definition) is 7. The molecule has 2 atom stereocenters. The summed E-state index contributed by atoms with van der Waals surface area (Å²) in [6.07, 6.45) is 19.5. The Labute approximate surface area is 381 Å². The van der Waals surface area contributed by atoms with Crippen molar-refractivity contribution in [1.82, 2.24) is 0 Å². The van der Waals surface area contributed by atoms with Gasteiger partial charge in [-0.1, -0.05) is 111 Å². The van der Waals surface area contributed by atoms with Crippen molar-refractivity contribution in [3.8, 4) is 16.9 Å². The highest BCUT2D eigenvalue weighted by atomic mass is 19.1. The van der Waals surface area contributed by atoms with Gasteiger partial charge in [-0.05, 0) is 154 Å². The van der Waals surface area contributed by atoms with E-state index < -0.39 is 22.5 Å². The molecule has 1 fully saturated rings. The summed E-state index contributed by atoms with van der Waals surface area (Å²) >= 11 is 0. The average molecular weight is 877 g/mol. The average Bonchev–Trinajstić information content (AvgIpc) is 3.26. The number of carbonyl (C=O) groups excluding carboxylic acids is 1. The van der Waals surface area contributed by atoms with Crippen molar-refractivity contribution in [2.24, 2.45) is 34.0 Å². The van der Waals surface area contributed by atoms with Gasteiger partial charge in [-0.2, -0.15) is 0 Å². The summed E-state index contributed by atoms with van der Waals surface area (Å²) in [7, 11) is 0. The number of aliphatic hydroxyl groups is 3. The lowest BCUT2D eigenvalue weighted by molar-refractivity contribution is -0.159. The van der Waals surface area contributed by atoms with Crippen LogP contribution in [0.15, 0.2) is 48.3 Å². The fourth-order valence-electron chi connectivity index (χ4n) is 9.41. The quantitative estimate of drug-likeness (QED) is 0.0518. The molecule has 8 heteroatoms. The van der Waals surface area contributed by atoms with Gasteiger partial charge >= 0.3 is 5.97 Å². The number of ether oxygens (including phenoxy) is 3. The first kappa shape index (κ1) is 52.6. The molecule has 4 rings (SSSR count). The minimum Gasteiger partial charge on any atom is -0.493 e. The van der Waals surface area contributed by atoms with Gasteiger partial charge in [-0.25, -0.2) is 4.39 Å². The van der Waals surface area contributed by atoms with Gasteiger partial charge in [0.1, 0.15) is 11.6 Å². The first-order chi connectivity index (χ1) is 30.0. The molecular weight excluding hydrogens is 792 g/mol. The monoisotopic (exact) mass is 877 g/mol. The number of unbranched alkanes of at least 4 members (excludes halogenated alkanes) is 2. The van der Waals surface area contributed by atoms with E-state index in [2.05, 4.69) is 50.3 Å². The number of aryl methyl sites for hydroxylation is 3. The molecule has 2 aromatic rings. The largest absolute Gasteiger partial charge is 0.493 e. The molecule has 0 amide bonds. The second-order valence-electron chi connectivity index (χ2n) is 21.0. The molecule has 0 saturated heterocycles. The lowest BCUT2D eigenvalue weighted by Crippen LogP contribution is -2.31. The van der Waals surface area contributed by atoms with Crippen molar-refractivity contribution < 1.29 is 38.7 Å². The van der Waals surface area contributed by atoms with E-state index in [4.69, 9.17) is 14.2 Å². The van der Waals surface area contributed by atoms with Gasteiger partial charge in [0.05, 0.1) is 38.4 Å². The Morgan fingerprint density at radius 2 is 1.44 bits per heavy atom. The Bertz CT molecular complexity index is 1770. The van der Waals surface area contributed by atoms with Gasteiger partial charge in [0.25, 0.3) is 0 Å². The van der Waals surface area contributed by atoms with Gasteiger partial charge in [0.15, 0.2) is 6.29 Å². The highest BCUT2D eigenvalue weighted by Gasteiger charge is 2.31. The molecule has 0 heterocycles. The van der Waals surface area contributed by atoms with Crippen LogP contribution in [0.3, 0.4) is 0 Å². The van der Waals surface area contributed by atoms with Crippen LogP contribution in [0.25, 0.3) is 16.7 Å². The van der Waals surface area contributed by atoms with Crippen molar-refractivity contribution in [2.75, 3.05) is 33.0 Å². The van der Waals surface area contributed by atoms with E-state index in [1.807, 2.05) is 54.5 Å². The molecule has 2 unspecified atom stereocenters. The Morgan fingerprint density at radius 1 is 0.794 bits per heavy atom. The highest BCUT2D eigenvalue weighted by Crippen LogP contribution is 2.43. The van der Waals surface area contributed by atoms with E-state index in [1.54, 1.807) is 0 Å². The number of aliphatic hydroxyl groups excluding tert-OH is 3. The zero-order valence-corrected chi connectivity index (χ0v) is 40.8. The molecule has 0 aromatic heterocycles. The number of rotatable bonds is 25. The fraction of sp³-hybridized carbons (Fsp3) is 0.691. The third kappa shape index (κ3) is 15.5. The standard InChI is InChI=1S/C55H85FO7/c1-10-13-14-17-39-20-22-41(23-21-39)42-24-27-48(49(56)36-42)43-25-26-47(40(12-3)33-43)46-34-44(18-15-30-62-51(59)53(4,5)6)50(61-32-29-55(37-57,38-58)28-11-2)45(35-46)19-16-31-63-52(60)54(7,8)9/h25-27,33-36,39,41-42,51,57-59H,10-24,28-32,37-38H2,1-9H3. The third-order valence-corrected chi connectivity index (χ3v) is 13.6. The molecule has 7 nitrogen and oxygen atoms in total. The number of benzene rings is 2. The molecule has 2 aliphatic rings. The van der Waals surface area contributed by atoms with Crippen molar-refractivity contribution in [3.05, 3.63) is 70.6 Å². The number of allylic oxidation sites excluding steroid dienone is 4. The van der Waals surface area contributed by atoms with Crippen LogP contribution < -0.4 is 4.74 Å². The maximum atomic E-state index is 16.1. The Hall–Kier alpha value is -3.04. The van der Waals surface area contributed by atoms with Crippen molar-refractivity contribution >= 4 is 11.5 Å². The van der Waals surface area contributed by atoms with E-state index >= 15 is 4.39 Å². The van der Waals surface area contributed by atoms with Crippen LogP contribution in [-0.2, 0) is 33.5 Å². The van der Waals surface area contributed by atoms with E-state index in [1.165, 1.54) is 51.4 Å². The van der Waals surface area contributed by atoms with Gasteiger partial charge in [0.2, 0.25) is 0 Å². The number of esters is 1. The van der Waals surface area contributed by atoms with Crippen molar-refractivity contribution in [3.63, 3.8) is 0 Å². The first-order valence-corrected chi connectivity index (χ1v) is 24.7. The number of halogens is 1. The normalized spacial score (nSPS) is 19.1. The van der Waals surface area contributed by atoms with Crippen LogP contribution in [0.4, 0.5) is 4.39 Å². The Morgan fingerprint density at radius 3 is 2.02 bits per heavy atom. The van der Waals surface area contributed by atoms with Gasteiger partial charge in [-0.3, -0.25) is 4.79 Å². The maximum absolute atomic E-state index is 16.1. The summed E-state index contributed by atoms with van der Waals surface area (Å²) in [5.41, 5.74) is 5.16. The number of hydrogen-bond donors (Lipinski definition) is 3. The zero-order valence-electron chi connectivity index (χ0n) is 40.8. The molecule has 2 aromatic carbocycles. The van der Waals surface area contributed by atoms with E-state index in [9.17, 15) is 20.1 Å². The van der Waals surface area contributed by atoms with Crippen LogP contribution in [-0.4, -0.2) is 60.6 Å². The minimum absolute atomic E-state index is 0.103. The molecule has 0 radical (unpaired) electrons. The summed E-state index contributed by atoms with van der Waals surface area (Å²) in [4.78, 5) is 12.7. The summed E-state index contributed by atoms with van der Waals surface area (Å²) < 4.78 is 34.4. The fourth-order valence-corrected chi connectivity index (χ4v) is 9.41. The topological polar surface area (TPSA) is 105 Å². The number of carbonyl (C=O) groups is 1. The molecule has 3 N–H and O–H groups in total. The van der Waals surface area contributed by atoms with Crippen LogP contribution in [0.2, 0.25) is 0 Å². The minimum atomic E-state index is -0.898. The molecular formula is C55H85FO7. The van der Waals surface area contributed by atoms with Gasteiger partial charge in [0, 0.05) is 16.4 Å². The van der Waals surface area contributed by atoms with Crippen molar-refractivity contribution in [2.45, 2.75) is 178 Å². The van der Waals surface area contributed by atoms with Crippen LogP contribution in [0, 0.1) is 34.0 Å². The van der Waals surface area contributed by atoms with Gasteiger partial charge in [-0.15, -0.1) is 0 Å². The first-order valence-electron chi connectivity index (χ1n) is 24.7. The predicted molar refractivity (Wildman–Crippen MR) is 256 cm³/mol. The SMILES string of the molecule is CCCCCC1CCC(C2C=C(F)C(c3ccc(-c4cc(CCCOC(=O)C(C)(C)C)c(OCCC(CO)(CO)CCC)c(CCCOC(O)C(C)(C)C)c4)c(CC)c3)=CC2)CC1. The van der Waals surface area contributed by atoms with Crippen molar-refractivity contribution in [1.29, 1.82) is 0 Å². The van der Waals surface area contributed by atoms with Gasteiger partial charge < -0.3 is 29.5 Å². The van der Waals surface area contributed by atoms with Crippen LogP contribution in [0.5, 0.6) is 5.75 Å². The highest BCUT2D eigenvalue weighted by molar-refractivity contribution is 5.81. The molecule has 2 aliphatic carbocycles. The third-order valence-electron chi connectivity index (χ3n) is 13.6. The van der Waals surface area contributed by atoms with E-state index in [0.29, 0.717) is 63.2 Å². The molecule has 0 spiro atoms. The second kappa shape index (κ2) is 25.0. The molecule has 63 heavy (non-hydrogen) atoms. The second-order valence-corrected chi connectivity index (χ2v) is 21.0. The Kier molecular flexibility index (Phi) is 20.9. The molecule has 1 saturated carbocycles. The zero-order chi connectivity index (χ0) is 46.2. The lowest BCUT2D eigenvalue weighted by atomic mass is 9.72. The van der Waals surface area contributed by atoms with Crippen LogP contribution in [0.1, 0.15) is 174 Å². The maximum Gasteiger partial charge on any atom is 0.311 e. The molecule has 0 bridgehead atoms. The predicted octanol–water partition coefficient (Wildman–Crippen LogP) is 12.9. The lowest BCUT2D eigenvalue weighted by Gasteiger charge is -2.33. The van der Waals surface area contributed by atoms with Crippen LogP contribution >= 0.6 is 0 Å². The Balaban J connectivity index is 1.65. The summed E-state index contributed by atoms with van der Waals surface area (Å²) in [5.74, 6) is 2.08. The molecule has 354 valence electrons.